The van der Waals surface area contributed by atoms with E-state index < -0.39 is 0 Å². The fourth-order valence-corrected chi connectivity index (χ4v) is 2.97. The summed E-state index contributed by atoms with van der Waals surface area (Å²) in [4.78, 5) is 4.72. The predicted octanol–water partition coefficient (Wildman–Crippen LogP) is 4.45. The van der Waals surface area contributed by atoms with Crippen molar-refractivity contribution in [2.75, 3.05) is 6.54 Å². The zero-order chi connectivity index (χ0) is 16.6. The molecule has 4 heteroatoms. The van der Waals surface area contributed by atoms with Gasteiger partial charge < -0.3 is 5.73 Å². The average molecular weight is 328 g/mol. The first-order valence-corrected chi connectivity index (χ1v) is 8.25. The highest BCUT2D eigenvalue weighted by Crippen LogP contribution is 2.29. The SMILES string of the molecule is CC(C)(C)c1ccc(-c2c(CCN)nc3ccc(Cl)cn23)cc1. The third-order valence-electron chi connectivity index (χ3n) is 4.06. The molecule has 0 saturated carbocycles. The van der Waals surface area contributed by atoms with Gasteiger partial charge in [-0.3, -0.25) is 4.40 Å². The number of rotatable bonds is 3. The Morgan fingerprint density at radius 2 is 1.78 bits per heavy atom. The van der Waals surface area contributed by atoms with Crippen LogP contribution >= 0.6 is 11.6 Å². The number of hydrogen-bond acceptors (Lipinski definition) is 2. The Bertz CT molecular complexity index is 826. The topological polar surface area (TPSA) is 43.3 Å². The molecule has 0 spiro atoms. The summed E-state index contributed by atoms with van der Waals surface area (Å²) in [6.07, 6.45) is 2.66. The normalized spacial score (nSPS) is 12.0. The second-order valence-electron chi connectivity index (χ2n) is 6.85. The minimum atomic E-state index is 0.140. The van der Waals surface area contributed by atoms with Crippen LogP contribution in [0.3, 0.4) is 0 Å². The lowest BCUT2D eigenvalue weighted by Gasteiger charge is -2.19. The van der Waals surface area contributed by atoms with E-state index in [9.17, 15) is 0 Å². The van der Waals surface area contributed by atoms with E-state index in [4.69, 9.17) is 22.3 Å². The molecule has 120 valence electrons. The molecule has 0 unspecified atom stereocenters. The molecule has 23 heavy (non-hydrogen) atoms. The number of halogens is 1. The van der Waals surface area contributed by atoms with Gasteiger partial charge in [0.05, 0.1) is 16.4 Å². The van der Waals surface area contributed by atoms with Crippen molar-refractivity contribution in [3.63, 3.8) is 0 Å². The largest absolute Gasteiger partial charge is 0.330 e. The molecule has 2 N–H and O–H groups in total. The summed E-state index contributed by atoms with van der Waals surface area (Å²) in [5.41, 5.74) is 11.3. The van der Waals surface area contributed by atoms with E-state index in [1.165, 1.54) is 5.56 Å². The molecule has 3 nitrogen and oxygen atoms in total. The van der Waals surface area contributed by atoms with Gasteiger partial charge in [-0.25, -0.2) is 4.98 Å². The van der Waals surface area contributed by atoms with E-state index in [0.717, 1.165) is 29.0 Å². The van der Waals surface area contributed by atoms with E-state index in [2.05, 4.69) is 49.4 Å². The molecule has 0 aliphatic heterocycles. The van der Waals surface area contributed by atoms with Crippen LogP contribution in [0.15, 0.2) is 42.6 Å². The summed E-state index contributed by atoms with van der Waals surface area (Å²) >= 11 is 6.18. The summed E-state index contributed by atoms with van der Waals surface area (Å²) in [6, 6.07) is 12.5. The van der Waals surface area contributed by atoms with Crippen LogP contribution in [-0.2, 0) is 11.8 Å². The summed E-state index contributed by atoms with van der Waals surface area (Å²) in [6.45, 7) is 7.23. The van der Waals surface area contributed by atoms with Crippen molar-refractivity contribution in [2.24, 2.45) is 5.73 Å². The molecule has 0 fully saturated rings. The first kappa shape index (κ1) is 16.0. The van der Waals surface area contributed by atoms with Gasteiger partial charge in [-0.05, 0) is 29.7 Å². The first-order valence-electron chi connectivity index (χ1n) is 7.87. The highest BCUT2D eigenvalue weighted by Gasteiger charge is 2.16. The highest BCUT2D eigenvalue weighted by molar-refractivity contribution is 6.30. The monoisotopic (exact) mass is 327 g/mol. The molecule has 0 bridgehead atoms. The highest BCUT2D eigenvalue weighted by atomic mass is 35.5. The quantitative estimate of drug-likeness (QED) is 0.772. The van der Waals surface area contributed by atoms with Crippen molar-refractivity contribution in [1.82, 2.24) is 9.38 Å². The minimum Gasteiger partial charge on any atom is -0.330 e. The van der Waals surface area contributed by atoms with Crippen LogP contribution in [0.4, 0.5) is 0 Å². The molecule has 0 radical (unpaired) electrons. The molecule has 3 rings (SSSR count). The maximum atomic E-state index is 6.18. The van der Waals surface area contributed by atoms with Crippen molar-refractivity contribution in [2.45, 2.75) is 32.6 Å². The number of imidazole rings is 1. The van der Waals surface area contributed by atoms with Gasteiger partial charge in [0.15, 0.2) is 0 Å². The smallest absolute Gasteiger partial charge is 0.137 e. The number of hydrogen-bond donors (Lipinski definition) is 1. The number of nitrogens with zero attached hydrogens (tertiary/aromatic N) is 2. The molecule has 2 aromatic heterocycles. The van der Waals surface area contributed by atoms with E-state index in [-0.39, 0.29) is 5.41 Å². The van der Waals surface area contributed by atoms with Crippen LogP contribution in [0, 0.1) is 0 Å². The van der Waals surface area contributed by atoms with Crippen molar-refractivity contribution in [3.05, 3.63) is 58.9 Å². The number of aromatic nitrogens is 2. The second-order valence-corrected chi connectivity index (χ2v) is 7.29. The van der Waals surface area contributed by atoms with E-state index >= 15 is 0 Å². The van der Waals surface area contributed by atoms with Crippen molar-refractivity contribution >= 4 is 17.2 Å². The van der Waals surface area contributed by atoms with Crippen molar-refractivity contribution in [1.29, 1.82) is 0 Å². The zero-order valence-electron chi connectivity index (χ0n) is 13.8. The summed E-state index contributed by atoms with van der Waals surface area (Å²) < 4.78 is 2.05. The lowest BCUT2D eigenvalue weighted by molar-refractivity contribution is 0.590. The predicted molar refractivity (Wildman–Crippen MR) is 97.1 cm³/mol. The van der Waals surface area contributed by atoms with Gasteiger partial charge in [0.25, 0.3) is 0 Å². The van der Waals surface area contributed by atoms with Gasteiger partial charge in [0, 0.05) is 18.2 Å². The molecule has 3 aromatic rings. The Labute approximate surface area is 142 Å². The fraction of sp³-hybridized carbons (Fsp3) is 0.316. The lowest BCUT2D eigenvalue weighted by atomic mass is 9.86. The molecule has 0 aliphatic carbocycles. The Kier molecular flexibility index (Phi) is 4.17. The maximum absolute atomic E-state index is 6.18. The molecule has 0 atom stereocenters. The Balaban J connectivity index is 2.17. The number of benzene rings is 1. The van der Waals surface area contributed by atoms with Gasteiger partial charge in [-0.1, -0.05) is 56.6 Å². The van der Waals surface area contributed by atoms with Crippen LogP contribution < -0.4 is 5.73 Å². The van der Waals surface area contributed by atoms with Gasteiger partial charge in [0.1, 0.15) is 5.65 Å². The van der Waals surface area contributed by atoms with Crippen LogP contribution in [0.25, 0.3) is 16.9 Å². The summed E-state index contributed by atoms with van der Waals surface area (Å²) in [5, 5.41) is 0.696. The Morgan fingerprint density at radius 1 is 1.09 bits per heavy atom. The summed E-state index contributed by atoms with van der Waals surface area (Å²) in [7, 11) is 0. The standard InChI is InChI=1S/C19H22ClN3/c1-19(2,3)14-6-4-13(5-7-14)18-16(10-11-21)22-17-9-8-15(20)12-23(17)18/h4-9,12H,10-11,21H2,1-3H3. The fourth-order valence-electron chi connectivity index (χ4n) is 2.81. The third-order valence-corrected chi connectivity index (χ3v) is 4.28. The van der Waals surface area contributed by atoms with E-state index in [1.54, 1.807) is 0 Å². The lowest BCUT2D eigenvalue weighted by Crippen LogP contribution is -2.10. The second kappa shape index (κ2) is 5.99. The van der Waals surface area contributed by atoms with Crippen LogP contribution in [0.2, 0.25) is 5.02 Å². The molecule has 0 amide bonds. The molecular formula is C19H22ClN3. The number of fused-ring (bicyclic) bond motifs is 1. The van der Waals surface area contributed by atoms with Crippen LogP contribution in [-0.4, -0.2) is 15.9 Å². The Hall–Kier alpha value is -1.84. The van der Waals surface area contributed by atoms with Crippen molar-refractivity contribution < 1.29 is 0 Å². The van der Waals surface area contributed by atoms with Gasteiger partial charge in [0.2, 0.25) is 0 Å². The van der Waals surface area contributed by atoms with Gasteiger partial charge in [-0.15, -0.1) is 0 Å². The van der Waals surface area contributed by atoms with Gasteiger partial charge in [-0.2, -0.15) is 0 Å². The molecule has 0 aliphatic rings. The van der Waals surface area contributed by atoms with Crippen LogP contribution in [0.5, 0.6) is 0 Å². The molecule has 1 aromatic carbocycles. The molecule has 0 saturated heterocycles. The maximum Gasteiger partial charge on any atom is 0.137 e. The third kappa shape index (κ3) is 3.12. The number of nitrogens with two attached hydrogens (primary N) is 1. The first-order chi connectivity index (χ1) is 10.9. The number of pyridine rings is 1. The summed E-state index contributed by atoms with van der Waals surface area (Å²) in [5.74, 6) is 0. The average Bonchev–Trinajstić information content (AvgIpc) is 2.84. The van der Waals surface area contributed by atoms with Gasteiger partial charge >= 0.3 is 0 Å². The van der Waals surface area contributed by atoms with E-state index in [1.807, 2.05) is 18.3 Å². The van der Waals surface area contributed by atoms with Crippen molar-refractivity contribution in [3.8, 4) is 11.3 Å². The van der Waals surface area contributed by atoms with E-state index in [0.29, 0.717) is 11.6 Å². The van der Waals surface area contributed by atoms with Crippen LogP contribution in [0.1, 0.15) is 32.0 Å². The zero-order valence-corrected chi connectivity index (χ0v) is 14.6. The Morgan fingerprint density at radius 3 is 2.39 bits per heavy atom. The minimum absolute atomic E-state index is 0.140. The molecular weight excluding hydrogens is 306 g/mol. The molecule has 2 heterocycles.